The molecule has 146 valence electrons. The number of hydrogen-bond acceptors (Lipinski definition) is 4. The summed E-state index contributed by atoms with van der Waals surface area (Å²) < 4.78 is 62.8. The number of carbonyl (C=O) groups excluding carboxylic acids is 1. The first kappa shape index (κ1) is 20.8. The molecule has 1 amide bonds. The fraction of sp³-hybridized carbons (Fsp3) is 0.278. The molecule has 5 nitrogen and oxygen atoms in total. The van der Waals surface area contributed by atoms with E-state index in [1.54, 1.807) is 19.1 Å². The van der Waals surface area contributed by atoms with Crippen molar-refractivity contribution < 1.29 is 31.1 Å². The Morgan fingerprint density at radius 3 is 2.11 bits per heavy atom. The van der Waals surface area contributed by atoms with Crippen molar-refractivity contribution in [2.45, 2.75) is 25.1 Å². The topological polar surface area (TPSA) is 72.5 Å². The van der Waals surface area contributed by atoms with Gasteiger partial charge < -0.3 is 10.1 Å². The Kier molecular flexibility index (Phi) is 6.15. The third-order valence-electron chi connectivity index (χ3n) is 3.61. The number of alkyl halides is 3. The lowest BCUT2D eigenvalue weighted by atomic mass is 10.1. The summed E-state index contributed by atoms with van der Waals surface area (Å²) in [4.78, 5) is 12.3. The average Bonchev–Trinajstić information content (AvgIpc) is 2.53. The van der Waals surface area contributed by atoms with Crippen molar-refractivity contribution in [1.82, 2.24) is 5.32 Å². The van der Waals surface area contributed by atoms with E-state index in [2.05, 4.69) is 10.1 Å². The van der Waals surface area contributed by atoms with Crippen molar-refractivity contribution in [3.8, 4) is 5.75 Å². The van der Waals surface area contributed by atoms with Gasteiger partial charge in [-0.15, -0.1) is 13.2 Å². The third kappa shape index (κ3) is 6.93. The summed E-state index contributed by atoms with van der Waals surface area (Å²) in [6, 6.07) is 10.9. The quantitative estimate of drug-likeness (QED) is 0.803. The molecule has 0 aliphatic heterocycles. The number of rotatable bonds is 6. The minimum absolute atomic E-state index is 0.113. The van der Waals surface area contributed by atoms with Crippen molar-refractivity contribution >= 4 is 15.7 Å². The zero-order chi connectivity index (χ0) is 20.2. The molecule has 1 N–H and O–H groups in total. The maximum Gasteiger partial charge on any atom is 0.573 e. The maximum absolute atomic E-state index is 12.3. The van der Waals surface area contributed by atoms with Gasteiger partial charge in [-0.25, -0.2) is 8.42 Å². The number of amides is 1. The Morgan fingerprint density at radius 1 is 1.07 bits per heavy atom. The molecule has 9 heteroatoms. The standard InChI is InChI=1S/C18H18F3NO4S/c1-12(14-7-9-16(10-8-14)26-18(19,20)21)22-17(23)15-5-3-13(4-6-15)11-27(2,24)25/h3-10,12H,11H2,1-2H3,(H,22,23)/t12-/m0/s1. The van der Waals surface area contributed by atoms with Gasteiger partial charge in [0.25, 0.3) is 5.91 Å². The van der Waals surface area contributed by atoms with Crippen LogP contribution in [0.15, 0.2) is 48.5 Å². The van der Waals surface area contributed by atoms with Crippen LogP contribution < -0.4 is 10.1 Å². The van der Waals surface area contributed by atoms with Gasteiger partial charge in [-0.2, -0.15) is 0 Å². The summed E-state index contributed by atoms with van der Waals surface area (Å²) >= 11 is 0. The zero-order valence-corrected chi connectivity index (χ0v) is 15.4. The van der Waals surface area contributed by atoms with Crippen LogP contribution in [0.2, 0.25) is 0 Å². The van der Waals surface area contributed by atoms with Crippen molar-refractivity contribution in [3.05, 3.63) is 65.2 Å². The highest BCUT2D eigenvalue weighted by molar-refractivity contribution is 7.89. The van der Waals surface area contributed by atoms with E-state index < -0.39 is 22.2 Å². The van der Waals surface area contributed by atoms with Gasteiger partial charge in [-0.1, -0.05) is 24.3 Å². The lowest BCUT2D eigenvalue weighted by Crippen LogP contribution is -2.26. The van der Waals surface area contributed by atoms with Crippen LogP contribution in [0.25, 0.3) is 0 Å². The molecule has 27 heavy (non-hydrogen) atoms. The van der Waals surface area contributed by atoms with Gasteiger partial charge in [0.2, 0.25) is 0 Å². The van der Waals surface area contributed by atoms with E-state index in [4.69, 9.17) is 0 Å². The summed E-state index contributed by atoms with van der Waals surface area (Å²) in [6.07, 6.45) is -3.63. The molecule has 0 fully saturated rings. The molecular weight excluding hydrogens is 383 g/mol. The Labute approximate surface area is 155 Å². The second-order valence-corrected chi connectivity index (χ2v) is 8.22. The number of benzene rings is 2. The third-order valence-corrected chi connectivity index (χ3v) is 4.46. The van der Waals surface area contributed by atoms with Crippen LogP contribution in [-0.4, -0.2) is 26.9 Å². The van der Waals surface area contributed by atoms with Crippen LogP contribution in [0.5, 0.6) is 5.75 Å². The molecule has 2 aromatic rings. The van der Waals surface area contributed by atoms with E-state index in [1.165, 1.54) is 36.4 Å². The molecule has 0 unspecified atom stereocenters. The molecule has 0 saturated heterocycles. The monoisotopic (exact) mass is 401 g/mol. The van der Waals surface area contributed by atoms with Crippen molar-refractivity contribution in [3.63, 3.8) is 0 Å². The number of sulfone groups is 1. The molecule has 2 rings (SSSR count). The molecular formula is C18H18F3NO4S. The van der Waals surface area contributed by atoms with Gasteiger partial charge in [0.05, 0.1) is 11.8 Å². The van der Waals surface area contributed by atoms with E-state index in [0.29, 0.717) is 16.7 Å². The molecule has 1 atom stereocenters. The van der Waals surface area contributed by atoms with Crippen molar-refractivity contribution in [2.75, 3.05) is 6.26 Å². The largest absolute Gasteiger partial charge is 0.573 e. The minimum atomic E-state index is -4.76. The zero-order valence-electron chi connectivity index (χ0n) is 14.6. The van der Waals surface area contributed by atoms with Crippen LogP contribution in [0.4, 0.5) is 13.2 Å². The predicted octanol–water partition coefficient (Wildman–Crippen LogP) is 3.62. The van der Waals surface area contributed by atoms with Crippen LogP contribution in [0.1, 0.15) is 34.5 Å². The molecule has 0 spiro atoms. The average molecular weight is 401 g/mol. The molecule has 0 heterocycles. The van der Waals surface area contributed by atoms with Gasteiger partial charge in [-0.05, 0) is 42.3 Å². The smallest absolute Gasteiger partial charge is 0.406 e. The second kappa shape index (κ2) is 7.99. The van der Waals surface area contributed by atoms with E-state index in [1.807, 2.05) is 0 Å². The summed E-state index contributed by atoms with van der Waals surface area (Å²) in [7, 11) is -3.16. The first-order valence-corrected chi connectivity index (χ1v) is 9.92. The lowest BCUT2D eigenvalue weighted by Gasteiger charge is -2.15. The number of hydrogen-bond donors (Lipinski definition) is 1. The van der Waals surface area contributed by atoms with Crippen LogP contribution in [0.3, 0.4) is 0 Å². The Morgan fingerprint density at radius 2 is 1.63 bits per heavy atom. The first-order valence-electron chi connectivity index (χ1n) is 7.86. The SMILES string of the molecule is C[C@H](NC(=O)c1ccc(CS(C)(=O)=O)cc1)c1ccc(OC(F)(F)F)cc1. The minimum Gasteiger partial charge on any atom is -0.406 e. The summed E-state index contributed by atoms with van der Waals surface area (Å²) in [5.74, 6) is -0.840. The van der Waals surface area contributed by atoms with Gasteiger partial charge in [-0.3, -0.25) is 4.79 Å². The summed E-state index contributed by atoms with van der Waals surface area (Å²) in [5, 5.41) is 2.73. The van der Waals surface area contributed by atoms with Gasteiger partial charge in [0.15, 0.2) is 9.84 Å². The molecule has 0 radical (unpaired) electrons. The molecule has 0 aliphatic carbocycles. The molecule has 0 saturated carbocycles. The highest BCUT2D eigenvalue weighted by Gasteiger charge is 2.31. The van der Waals surface area contributed by atoms with E-state index in [-0.39, 0.29) is 17.4 Å². The fourth-order valence-electron chi connectivity index (χ4n) is 2.38. The Bertz CT molecular complexity index is 892. The Hall–Kier alpha value is -2.55. The number of ether oxygens (including phenoxy) is 1. The van der Waals surface area contributed by atoms with E-state index in [9.17, 15) is 26.4 Å². The van der Waals surface area contributed by atoms with Crippen molar-refractivity contribution in [2.24, 2.45) is 0 Å². The number of carbonyl (C=O) groups is 1. The molecule has 0 aliphatic rings. The number of halogens is 3. The first-order chi connectivity index (χ1) is 12.4. The summed E-state index contributed by atoms with van der Waals surface area (Å²) in [6.45, 7) is 1.69. The van der Waals surface area contributed by atoms with Gasteiger partial charge in [0.1, 0.15) is 5.75 Å². The van der Waals surface area contributed by atoms with E-state index in [0.717, 1.165) is 6.26 Å². The van der Waals surface area contributed by atoms with Crippen LogP contribution in [0, 0.1) is 0 Å². The normalized spacial score (nSPS) is 13.1. The van der Waals surface area contributed by atoms with E-state index >= 15 is 0 Å². The fourth-order valence-corrected chi connectivity index (χ4v) is 3.17. The van der Waals surface area contributed by atoms with Gasteiger partial charge in [0, 0.05) is 11.8 Å². The highest BCUT2D eigenvalue weighted by Crippen LogP contribution is 2.24. The maximum atomic E-state index is 12.3. The van der Waals surface area contributed by atoms with Crippen molar-refractivity contribution in [1.29, 1.82) is 0 Å². The molecule has 0 aromatic heterocycles. The predicted molar refractivity (Wildman–Crippen MR) is 94.0 cm³/mol. The summed E-state index contributed by atoms with van der Waals surface area (Å²) in [5.41, 5.74) is 1.52. The Balaban J connectivity index is 2.00. The lowest BCUT2D eigenvalue weighted by molar-refractivity contribution is -0.274. The van der Waals surface area contributed by atoms with Gasteiger partial charge >= 0.3 is 6.36 Å². The molecule has 2 aromatic carbocycles. The van der Waals surface area contributed by atoms with Crippen LogP contribution >= 0.6 is 0 Å². The van der Waals surface area contributed by atoms with Crippen LogP contribution in [-0.2, 0) is 15.6 Å². The molecule has 0 bridgehead atoms. The second-order valence-electron chi connectivity index (χ2n) is 6.08. The number of nitrogens with one attached hydrogen (secondary N) is 1. The highest BCUT2D eigenvalue weighted by atomic mass is 32.2.